The summed E-state index contributed by atoms with van der Waals surface area (Å²) >= 11 is 0. The zero-order valence-electron chi connectivity index (χ0n) is 18.5. The summed E-state index contributed by atoms with van der Waals surface area (Å²) in [5.74, 6) is -1.73. The first-order valence-electron chi connectivity index (χ1n) is 10.4. The summed E-state index contributed by atoms with van der Waals surface area (Å²) < 4.78 is 32.6. The Kier molecular flexibility index (Phi) is 6.05. The summed E-state index contributed by atoms with van der Waals surface area (Å²) in [4.78, 5) is 24.5. The van der Waals surface area contributed by atoms with Gasteiger partial charge in [-0.3, -0.25) is 0 Å². The molecule has 0 radical (unpaired) electrons. The highest BCUT2D eigenvalue weighted by Crippen LogP contribution is 2.28. The molecule has 2 heterocycles. The quantitative estimate of drug-likeness (QED) is 0.514. The van der Waals surface area contributed by atoms with Crippen LogP contribution in [0.15, 0.2) is 48.5 Å². The second kappa shape index (κ2) is 8.63. The van der Waals surface area contributed by atoms with Crippen LogP contribution in [0.3, 0.4) is 0 Å². The van der Waals surface area contributed by atoms with Gasteiger partial charge in [-0.25, -0.2) is 9.59 Å². The minimum atomic E-state index is -0.789. The van der Waals surface area contributed by atoms with Gasteiger partial charge in [0, 0.05) is 0 Å². The summed E-state index contributed by atoms with van der Waals surface area (Å²) in [5.41, 5.74) is 1.83. The fourth-order valence-electron chi connectivity index (χ4n) is 3.40. The molecule has 0 bridgehead atoms. The van der Waals surface area contributed by atoms with Gasteiger partial charge >= 0.3 is 11.9 Å². The van der Waals surface area contributed by atoms with Crippen molar-refractivity contribution in [3.63, 3.8) is 0 Å². The lowest BCUT2D eigenvalue weighted by Crippen LogP contribution is -2.30. The molecule has 2 saturated heterocycles. The van der Waals surface area contributed by atoms with Crippen molar-refractivity contribution in [1.82, 2.24) is 0 Å². The second-order valence-corrected chi connectivity index (χ2v) is 8.53. The number of carbonyl (C=O) groups excluding carboxylic acids is 2. The molecule has 2 aliphatic heterocycles. The molecule has 0 aromatic heterocycles. The molecule has 0 N–H and O–H groups in total. The highest BCUT2D eigenvalue weighted by molar-refractivity contribution is 5.79. The van der Waals surface area contributed by atoms with Crippen molar-refractivity contribution in [2.24, 2.45) is 0 Å². The van der Waals surface area contributed by atoms with Gasteiger partial charge in [-0.15, -0.1) is 0 Å². The molecule has 2 aliphatic rings. The highest BCUT2D eigenvalue weighted by Gasteiger charge is 2.39. The molecule has 2 atom stereocenters. The third-order valence-corrected chi connectivity index (χ3v) is 5.02. The molecule has 2 fully saturated rings. The Morgan fingerprint density at radius 3 is 1.31 bits per heavy atom. The van der Waals surface area contributed by atoms with E-state index in [0.717, 1.165) is 11.1 Å². The van der Waals surface area contributed by atoms with Gasteiger partial charge in [-0.05, 0) is 63.1 Å². The molecule has 0 aliphatic carbocycles. The van der Waals surface area contributed by atoms with E-state index in [4.69, 9.17) is 28.4 Å². The van der Waals surface area contributed by atoms with E-state index in [0.29, 0.717) is 11.5 Å². The van der Waals surface area contributed by atoms with Gasteiger partial charge in [-0.2, -0.15) is 0 Å². The van der Waals surface area contributed by atoms with Crippen LogP contribution in [0.5, 0.6) is 11.5 Å². The van der Waals surface area contributed by atoms with Crippen LogP contribution in [-0.4, -0.2) is 48.9 Å². The lowest BCUT2D eigenvalue weighted by molar-refractivity contribution is -0.162. The number of hydrogen-bond acceptors (Lipinski definition) is 8. The monoisotopic (exact) mass is 442 g/mol. The number of carbonyl (C=O) groups is 2. The molecule has 4 rings (SSSR count). The zero-order chi connectivity index (χ0) is 22.9. The standard InChI is InChI=1S/C24H26O8/c1-23(2)27-13-19(31-23)21(25)29-17-9-5-15(6-10-17)16-7-11-18(12-8-16)30-22(26)20-14-28-24(3,4)32-20/h5-12,19-20H,13-14H2,1-4H3/t19-,20-/m1/s1. The van der Waals surface area contributed by atoms with Gasteiger partial charge in [0.25, 0.3) is 0 Å². The molecule has 2 aromatic rings. The van der Waals surface area contributed by atoms with Crippen LogP contribution in [-0.2, 0) is 28.5 Å². The summed E-state index contributed by atoms with van der Waals surface area (Å²) in [5, 5.41) is 0. The number of esters is 2. The first-order chi connectivity index (χ1) is 15.1. The molecule has 32 heavy (non-hydrogen) atoms. The maximum atomic E-state index is 12.2. The lowest BCUT2D eigenvalue weighted by atomic mass is 10.1. The Morgan fingerprint density at radius 1 is 0.688 bits per heavy atom. The van der Waals surface area contributed by atoms with E-state index in [1.54, 1.807) is 52.0 Å². The molecule has 170 valence electrons. The normalized spacial score (nSPS) is 23.6. The molecular formula is C24H26O8. The lowest BCUT2D eigenvalue weighted by Gasteiger charge is -2.16. The van der Waals surface area contributed by atoms with Crippen molar-refractivity contribution >= 4 is 11.9 Å². The van der Waals surface area contributed by atoms with Crippen LogP contribution >= 0.6 is 0 Å². The van der Waals surface area contributed by atoms with Crippen LogP contribution < -0.4 is 9.47 Å². The molecule has 8 nitrogen and oxygen atoms in total. The van der Waals surface area contributed by atoms with Crippen LogP contribution in [0, 0.1) is 0 Å². The second-order valence-electron chi connectivity index (χ2n) is 8.53. The molecule has 8 heteroatoms. The highest BCUT2D eigenvalue weighted by atomic mass is 16.8. The smallest absolute Gasteiger partial charge is 0.343 e. The predicted octanol–water partition coefficient (Wildman–Crippen LogP) is 3.47. The third kappa shape index (κ3) is 5.34. The topological polar surface area (TPSA) is 89.5 Å². The summed E-state index contributed by atoms with van der Waals surface area (Å²) in [6, 6.07) is 14.2. The van der Waals surface area contributed by atoms with Gasteiger partial charge < -0.3 is 28.4 Å². The fraction of sp³-hybridized carbons (Fsp3) is 0.417. The van der Waals surface area contributed by atoms with E-state index in [-0.39, 0.29) is 13.2 Å². The largest absolute Gasteiger partial charge is 0.425 e. The van der Waals surface area contributed by atoms with E-state index in [1.165, 1.54) is 0 Å². The Balaban J connectivity index is 1.33. The van der Waals surface area contributed by atoms with Gasteiger partial charge in [0.05, 0.1) is 13.2 Å². The summed E-state index contributed by atoms with van der Waals surface area (Å²) in [6.07, 6.45) is -1.49. The van der Waals surface area contributed by atoms with Crippen molar-refractivity contribution in [3.05, 3.63) is 48.5 Å². The Morgan fingerprint density at radius 2 is 1.03 bits per heavy atom. The number of benzene rings is 2. The Hall–Kier alpha value is -2.78. The maximum Gasteiger partial charge on any atom is 0.343 e. The first-order valence-corrected chi connectivity index (χ1v) is 10.4. The predicted molar refractivity (Wildman–Crippen MR) is 113 cm³/mol. The Bertz CT molecular complexity index is 897. The van der Waals surface area contributed by atoms with Crippen molar-refractivity contribution in [2.45, 2.75) is 51.5 Å². The average Bonchev–Trinajstić information content (AvgIpc) is 3.30. The van der Waals surface area contributed by atoms with E-state index in [1.807, 2.05) is 24.3 Å². The average molecular weight is 442 g/mol. The zero-order valence-corrected chi connectivity index (χ0v) is 18.5. The SMILES string of the molecule is CC1(C)OC[C@H](C(=O)Oc2ccc(-c3ccc(OC(=O)[C@H]4COC(C)(C)O4)cc3)cc2)O1. The minimum absolute atomic E-state index is 0.165. The molecule has 0 saturated carbocycles. The molecule has 0 unspecified atom stereocenters. The fourth-order valence-corrected chi connectivity index (χ4v) is 3.40. The maximum absolute atomic E-state index is 12.2. The summed E-state index contributed by atoms with van der Waals surface area (Å²) in [7, 11) is 0. The first kappa shape index (κ1) is 22.4. The van der Waals surface area contributed by atoms with E-state index in [9.17, 15) is 9.59 Å². The Labute approximate surface area is 186 Å². The summed E-state index contributed by atoms with van der Waals surface area (Å²) in [6.45, 7) is 7.33. The van der Waals surface area contributed by atoms with Gasteiger partial charge in [0.1, 0.15) is 11.5 Å². The minimum Gasteiger partial charge on any atom is -0.425 e. The van der Waals surface area contributed by atoms with Gasteiger partial charge in [0.15, 0.2) is 23.8 Å². The van der Waals surface area contributed by atoms with Crippen molar-refractivity contribution in [2.75, 3.05) is 13.2 Å². The van der Waals surface area contributed by atoms with Crippen LogP contribution in [0.2, 0.25) is 0 Å². The van der Waals surface area contributed by atoms with Crippen LogP contribution in [0.4, 0.5) is 0 Å². The molecular weight excluding hydrogens is 416 g/mol. The molecule has 0 spiro atoms. The molecule has 2 aromatic carbocycles. The van der Waals surface area contributed by atoms with Gasteiger partial charge in [0.2, 0.25) is 0 Å². The van der Waals surface area contributed by atoms with E-state index in [2.05, 4.69) is 0 Å². The van der Waals surface area contributed by atoms with Gasteiger partial charge in [-0.1, -0.05) is 24.3 Å². The van der Waals surface area contributed by atoms with Crippen molar-refractivity contribution < 1.29 is 38.0 Å². The van der Waals surface area contributed by atoms with Crippen LogP contribution in [0.25, 0.3) is 11.1 Å². The van der Waals surface area contributed by atoms with E-state index >= 15 is 0 Å². The number of hydrogen-bond donors (Lipinski definition) is 0. The number of ether oxygens (including phenoxy) is 6. The number of rotatable bonds is 5. The van der Waals surface area contributed by atoms with Crippen LogP contribution in [0.1, 0.15) is 27.7 Å². The van der Waals surface area contributed by atoms with E-state index < -0.39 is 35.7 Å². The third-order valence-electron chi connectivity index (χ3n) is 5.02. The molecule has 0 amide bonds. The van der Waals surface area contributed by atoms with Crippen molar-refractivity contribution in [3.8, 4) is 22.6 Å². The van der Waals surface area contributed by atoms with Crippen molar-refractivity contribution in [1.29, 1.82) is 0 Å².